The SMILES string of the molecule is Cc1ccc2c(c1)N(C)C1CCSCC1C2C(=O)O. The van der Waals surface area contributed by atoms with Crippen molar-refractivity contribution in [3.63, 3.8) is 0 Å². The van der Waals surface area contributed by atoms with Gasteiger partial charge in [0.05, 0.1) is 5.92 Å². The number of hydrogen-bond donors (Lipinski definition) is 1. The first-order valence-electron chi connectivity index (χ1n) is 6.73. The molecule has 0 bridgehead atoms. The van der Waals surface area contributed by atoms with Crippen molar-refractivity contribution < 1.29 is 9.90 Å². The Morgan fingerprint density at radius 2 is 2.26 bits per heavy atom. The van der Waals surface area contributed by atoms with Crippen LogP contribution in [0.5, 0.6) is 0 Å². The highest BCUT2D eigenvalue weighted by atomic mass is 32.2. The van der Waals surface area contributed by atoms with E-state index in [1.807, 2.05) is 23.9 Å². The van der Waals surface area contributed by atoms with E-state index in [0.717, 1.165) is 29.2 Å². The molecule has 0 aliphatic carbocycles. The topological polar surface area (TPSA) is 40.5 Å². The average Bonchev–Trinajstić information content (AvgIpc) is 2.39. The number of thioether (sulfide) groups is 1. The molecule has 102 valence electrons. The van der Waals surface area contributed by atoms with Gasteiger partial charge in [-0.3, -0.25) is 4.79 Å². The molecule has 0 spiro atoms. The molecule has 0 radical (unpaired) electrons. The third kappa shape index (κ3) is 2.02. The Morgan fingerprint density at radius 3 is 3.00 bits per heavy atom. The summed E-state index contributed by atoms with van der Waals surface area (Å²) in [5, 5.41) is 9.65. The molecule has 2 heterocycles. The molecule has 1 saturated heterocycles. The third-order valence-electron chi connectivity index (χ3n) is 4.46. The van der Waals surface area contributed by atoms with Crippen LogP contribution in [-0.4, -0.2) is 35.7 Å². The van der Waals surface area contributed by atoms with E-state index in [-0.39, 0.29) is 11.8 Å². The average molecular weight is 277 g/mol. The van der Waals surface area contributed by atoms with Gasteiger partial charge in [-0.15, -0.1) is 0 Å². The summed E-state index contributed by atoms with van der Waals surface area (Å²) in [6.45, 7) is 2.06. The number of aliphatic carboxylic acids is 1. The normalized spacial score (nSPS) is 29.6. The Morgan fingerprint density at radius 1 is 1.47 bits per heavy atom. The summed E-state index contributed by atoms with van der Waals surface area (Å²) in [5.74, 6) is 1.31. The quantitative estimate of drug-likeness (QED) is 0.857. The Labute approximate surface area is 118 Å². The molecule has 3 atom stereocenters. The van der Waals surface area contributed by atoms with E-state index in [4.69, 9.17) is 0 Å². The van der Waals surface area contributed by atoms with Crippen LogP contribution >= 0.6 is 11.8 Å². The highest BCUT2D eigenvalue weighted by Crippen LogP contribution is 2.46. The summed E-state index contributed by atoms with van der Waals surface area (Å²) in [6, 6.07) is 6.54. The summed E-state index contributed by atoms with van der Waals surface area (Å²) in [4.78, 5) is 14.0. The van der Waals surface area contributed by atoms with Crippen molar-refractivity contribution in [2.75, 3.05) is 23.5 Å². The highest BCUT2D eigenvalue weighted by molar-refractivity contribution is 7.99. The minimum atomic E-state index is -0.671. The molecule has 1 aromatic carbocycles. The minimum absolute atomic E-state index is 0.233. The molecule has 4 heteroatoms. The maximum atomic E-state index is 11.7. The van der Waals surface area contributed by atoms with Gasteiger partial charge in [0.2, 0.25) is 0 Å². The first-order valence-corrected chi connectivity index (χ1v) is 7.89. The zero-order chi connectivity index (χ0) is 13.6. The summed E-state index contributed by atoms with van der Waals surface area (Å²) in [6.07, 6.45) is 1.09. The van der Waals surface area contributed by atoms with E-state index < -0.39 is 5.97 Å². The molecule has 0 aromatic heterocycles. The number of carbonyl (C=O) groups is 1. The van der Waals surface area contributed by atoms with Crippen LogP contribution < -0.4 is 4.90 Å². The van der Waals surface area contributed by atoms with Gasteiger partial charge < -0.3 is 10.0 Å². The summed E-state index contributed by atoms with van der Waals surface area (Å²) < 4.78 is 0. The molecule has 1 fully saturated rings. The summed E-state index contributed by atoms with van der Waals surface area (Å²) in [7, 11) is 2.12. The van der Waals surface area contributed by atoms with Gasteiger partial charge in [-0.05, 0) is 42.0 Å². The van der Waals surface area contributed by atoms with Gasteiger partial charge in [0.15, 0.2) is 0 Å². The molecule has 3 rings (SSSR count). The molecule has 3 nitrogen and oxygen atoms in total. The Balaban J connectivity index is 2.13. The zero-order valence-corrected chi connectivity index (χ0v) is 12.1. The van der Waals surface area contributed by atoms with Crippen molar-refractivity contribution in [1.29, 1.82) is 0 Å². The first kappa shape index (κ1) is 12.9. The molecule has 0 amide bonds. The van der Waals surface area contributed by atoms with Crippen molar-refractivity contribution >= 4 is 23.4 Å². The number of anilines is 1. The largest absolute Gasteiger partial charge is 0.481 e. The third-order valence-corrected chi connectivity index (χ3v) is 5.60. The summed E-state index contributed by atoms with van der Waals surface area (Å²) in [5.41, 5.74) is 3.29. The number of fused-ring (bicyclic) bond motifs is 2. The number of carboxylic acid groups (broad SMARTS) is 1. The Bertz CT molecular complexity index is 517. The second kappa shape index (κ2) is 4.75. The lowest BCUT2D eigenvalue weighted by atomic mass is 9.76. The van der Waals surface area contributed by atoms with E-state index in [1.165, 1.54) is 5.56 Å². The molecule has 0 saturated carbocycles. The van der Waals surface area contributed by atoms with Crippen LogP contribution in [0.4, 0.5) is 5.69 Å². The Kier molecular flexibility index (Phi) is 3.21. The van der Waals surface area contributed by atoms with Gasteiger partial charge in [-0.1, -0.05) is 12.1 Å². The molecule has 1 aromatic rings. The molecule has 19 heavy (non-hydrogen) atoms. The maximum Gasteiger partial charge on any atom is 0.311 e. The lowest BCUT2D eigenvalue weighted by Crippen LogP contribution is -2.50. The summed E-state index contributed by atoms with van der Waals surface area (Å²) >= 11 is 1.89. The molecule has 3 unspecified atom stereocenters. The number of carboxylic acids is 1. The Hall–Kier alpha value is -1.16. The second-order valence-corrected chi connectivity index (χ2v) is 6.73. The maximum absolute atomic E-state index is 11.7. The number of rotatable bonds is 1. The fraction of sp³-hybridized carbons (Fsp3) is 0.533. The standard InChI is InChI=1S/C15H19NO2S/c1-9-3-4-10-13(7-9)16(2)12-5-6-19-8-11(12)14(10)15(17)18/h3-4,7,11-12,14H,5-6,8H2,1-2H3,(H,17,18). The molecular weight excluding hydrogens is 258 g/mol. The molecule has 1 N–H and O–H groups in total. The van der Waals surface area contributed by atoms with E-state index in [2.05, 4.69) is 24.9 Å². The van der Waals surface area contributed by atoms with Crippen LogP contribution in [0.15, 0.2) is 18.2 Å². The fourth-order valence-electron chi connectivity index (χ4n) is 3.50. The van der Waals surface area contributed by atoms with E-state index in [0.29, 0.717) is 6.04 Å². The predicted octanol–water partition coefficient (Wildman–Crippen LogP) is 2.73. The van der Waals surface area contributed by atoms with Crippen LogP contribution in [-0.2, 0) is 4.79 Å². The van der Waals surface area contributed by atoms with Crippen molar-refractivity contribution in [3.05, 3.63) is 29.3 Å². The van der Waals surface area contributed by atoms with Gasteiger partial charge in [-0.25, -0.2) is 0 Å². The van der Waals surface area contributed by atoms with Crippen molar-refractivity contribution in [2.24, 2.45) is 5.92 Å². The fourth-order valence-corrected chi connectivity index (χ4v) is 4.76. The zero-order valence-electron chi connectivity index (χ0n) is 11.3. The van der Waals surface area contributed by atoms with Crippen molar-refractivity contribution in [3.8, 4) is 0 Å². The lowest BCUT2D eigenvalue weighted by molar-refractivity contribution is -0.140. The number of hydrogen-bond acceptors (Lipinski definition) is 3. The van der Waals surface area contributed by atoms with Gasteiger partial charge in [0.1, 0.15) is 0 Å². The monoisotopic (exact) mass is 277 g/mol. The van der Waals surface area contributed by atoms with Crippen molar-refractivity contribution in [2.45, 2.75) is 25.3 Å². The lowest BCUT2D eigenvalue weighted by Gasteiger charge is -2.47. The second-order valence-electron chi connectivity index (χ2n) is 5.58. The van der Waals surface area contributed by atoms with Crippen LogP contribution in [0.3, 0.4) is 0 Å². The predicted molar refractivity (Wildman–Crippen MR) is 79.2 cm³/mol. The first-order chi connectivity index (χ1) is 9.09. The van der Waals surface area contributed by atoms with Crippen molar-refractivity contribution in [1.82, 2.24) is 0 Å². The van der Waals surface area contributed by atoms with Crippen LogP contribution in [0.25, 0.3) is 0 Å². The van der Waals surface area contributed by atoms with Gasteiger partial charge in [0, 0.05) is 24.7 Å². The number of aryl methyl sites for hydroxylation is 1. The van der Waals surface area contributed by atoms with Gasteiger partial charge in [-0.2, -0.15) is 11.8 Å². The van der Waals surface area contributed by atoms with Crippen LogP contribution in [0.1, 0.15) is 23.5 Å². The minimum Gasteiger partial charge on any atom is -0.481 e. The molecule has 2 aliphatic rings. The number of nitrogens with zero attached hydrogens (tertiary/aromatic N) is 1. The molecular formula is C15H19NO2S. The van der Waals surface area contributed by atoms with E-state index >= 15 is 0 Å². The number of benzene rings is 1. The van der Waals surface area contributed by atoms with E-state index in [9.17, 15) is 9.90 Å². The van der Waals surface area contributed by atoms with Gasteiger partial charge >= 0.3 is 5.97 Å². The highest BCUT2D eigenvalue weighted by Gasteiger charge is 2.44. The van der Waals surface area contributed by atoms with Crippen LogP contribution in [0.2, 0.25) is 0 Å². The van der Waals surface area contributed by atoms with Crippen LogP contribution in [0, 0.1) is 12.8 Å². The van der Waals surface area contributed by atoms with Gasteiger partial charge in [0.25, 0.3) is 0 Å². The smallest absolute Gasteiger partial charge is 0.311 e. The molecule has 2 aliphatic heterocycles. The van der Waals surface area contributed by atoms with E-state index in [1.54, 1.807) is 0 Å².